The van der Waals surface area contributed by atoms with E-state index in [0.29, 0.717) is 5.92 Å². The third-order valence-corrected chi connectivity index (χ3v) is 3.39. The van der Waals surface area contributed by atoms with Crippen molar-refractivity contribution < 1.29 is 0 Å². The van der Waals surface area contributed by atoms with Crippen molar-refractivity contribution in [1.29, 1.82) is 0 Å². The smallest absolute Gasteiger partial charge is 0.177 e. The molecule has 1 fully saturated rings. The quantitative estimate of drug-likeness (QED) is 0.770. The molecule has 16 heavy (non-hydrogen) atoms. The first-order chi connectivity index (χ1) is 7.90. The molecule has 0 bridgehead atoms. The number of rotatable bonds is 5. The van der Waals surface area contributed by atoms with E-state index in [9.17, 15) is 0 Å². The molecule has 1 saturated heterocycles. The summed E-state index contributed by atoms with van der Waals surface area (Å²) >= 11 is 0. The van der Waals surface area contributed by atoms with Gasteiger partial charge in [0, 0.05) is 5.92 Å². The Kier molecular flexibility index (Phi) is 4.27. The van der Waals surface area contributed by atoms with Gasteiger partial charge in [0.2, 0.25) is 0 Å². The molecule has 90 valence electrons. The third kappa shape index (κ3) is 3.01. The van der Waals surface area contributed by atoms with Gasteiger partial charge in [-0.1, -0.05) is 25.0 Å². The van der Waals surface area contributed by atoms with Crippen LogP contribution in [0.4, 0.5) is 0 Å². The second-order valence-electron chi connectivity index (χ2n) is 4.59. The lowest BCUT2D eigenvalue weighted by Gasteiger charge is -2.30. The van der Waals surface area contributed by atoms with Crippen molar-refractivity contribution >= 4 is 0 Å². The van der Waals surface area contributed by atoms with Crippen LogP contribution < -0.4 is 0 Å². The summed E-state index contributed by atoms with van der Waals surface area (Å²) in [5.41, 5.74) is 0. The number of nitrogens with one attached hydrogen (secondary N) is 1. The van der Waals surface area contributed by atoms with Crippen LogP contribution in [-0.4, -0.2) is 45.2 Å². The average Bonchev–Trinajstić information content (AvgIpc) is 2.84. The lowest BCUT2D eigenvalue weighted by Crippen LogP contribution is -2.34. The summed E-state index contributed by atoms with van der Waals surface area (Å²) in [5.74, 6) is 1.41. The number of unbranched alkanes of at least 4 members (excludes halogenated alkanes) is 2. The van der Waals surface area contributed by atoms with Crippen LogP contribution in [0.1, 0.15) is 50.8 Å². The highest BCUT2D eigenvalue weighted by Crippen LogP contribution is 2.24. The normalized spacial score (nSPS) is 19.1. The van der Waals surface area contributed by atoms with E-state index >= 15 is 0 Å². The molecule has 0 saturated carbocycles. The Morgan fingerprint density at radius 2 is 2.12 bits per heavy atom. The van der Waals surface area contributed by atoms with Crippen molar-refractivity contribution in [2.45, 2.75) is 44.9 Å². The molecule has 5 nitrogen and oxygen atoms in total. The fourth-order valence-electron chi connectivity index (χ4n) is 2.34. The van der Waals surface area contributed by atoms with Crippen LogP contribution in [0, 0.1) is 0 Å². The first-order valence-electron chi connectivity index (χ1n) is 6.36. The van der Waals surface area contributed by atoms with Crippen LogP contribution in [0.3, 0.4) is 0 Å². The van der Waals surface area contributed by atoms with Gasteiger partial charge in [0.05, 0.1) is 0 Å². The van der Waals surface area contributed by atoms with Gasteiger partial charge in [0.1, 0.15) is 0 Å². The van der Waals surface area contributed by atoms with E-state index in [2.05, 4.69) is 32.4 Å². The van der Waals surface area contributed by atoms with Gasteiger partial charge in [0.15, 0.2) is 5.82 Å². The zero-order chi connectivity index (χ0) is 11.2. The molecule has 5 heteroatoms. The van der Waals surface area contributed by atoms with Crippen LogP contribution in [0.25, 0.3) is 0 Å². The van der Waals surface area contributed by atoms with E-state index in [1.807, 2.05) is 0 Å². The summed E-state index contributed by atoms with van der Waals surface area (Å²) < 4.78 is 0. The second-order valence-corrected chi connectivity index (χ2v) is 4.59. The van der Waals surface area contributed by atoms with Crippen molar-refractivity contribution in [2.24, 2.45) is 0 Å². The zero-order valence-electron chi connectivity index (χ0n) is 10.0. The molecule has 2 rings (SSSR count). The minimum Gasteiger partial charge on any atom is -0.303 e. The fraction of sp³-hybridized carbons (Fsp3) is 0.909. The van der Waals surface area contributed by atoms with Crippen molar-refractivity contribution in [2.75, 3.05) is 19.6 Å². The number of tetrazole rings is 1. The van der Waals surface area contributed by atoms with Crippen molar-refractivity contribution in [3.05, 3.63) is 5.82 Å². The summed E-state index contributed by atoms with van der Waals surface area (Å²) in [6, 6.07) is 0. The third-order valence-electron chi connectivity index (χ3n) is 3.39. The molecule has 0 spiro atoms. The van der Waals surface area contributed by atoms with Gasteiger partial charge in [-0.2, -0.15) is 5.21 Å². The van der Waals surface area contributed by atoms with Crippen LogP contribution in [-0.2, 0) is 0 Å². The van der Waals surface area contributed by atoms with Gasteiger partial charge in [-0.15, -0.1) is 10.2 Å². The summed E-state index contributed by atoms with van der Waals surface area (Å²) in [4.78, 5) is 2.56. The fourth-order valence-corrected chi connectivity index (χ4v) is 2.34. The highest BCUT2D eigenvalue weighted by Gasteiger charge is 2.22. The van der Waals surface area contributed by atoms with E-state index in [0.717, 1.165) is 5.82 Å². The van der Waals surface area contributed by atoms with Crippen LogP contribution >= 0.6 is 0 Å². The number of aromatic nitrogens is 4. The lowest BCUT2D eigenvalue weighted by molar-refractivity contribution is 0.205. The van der Waals surface area contributed by atoms with E-state index in [1.54, 1.807) is 0 Å². The summed E-state index contributed by atoms with van der Waals surface area (Å²) in [6.45, 7) is 5.88. The molecule has 0 atom stereocenters. The molecule has 0 aliphatic carbocycles. The van der Waals surface area contributed by atoms with E-state index in [4.69, 9.17) is 0 Å². The highest BCUT2D eigenvalue weighted by atomic mass is 15.5. The van der Waals surface area contributed by atoms with E-state index in [1.165, 1.54) is 51.7 Å². The maximum Gasteiger partial charge on any atom is 0.177 e. The largest absolute Gasteiger partial charge is 0.303 e. The Morgan fingerprint density at radius 3 is 2.75 bits per heavy atom. The molecule has 0 aromatic carbocycles. The molecule has 1 N–H and O–H groups in total. The molecular weight excluding hydrogens is 202 g/mol. The maximum absolute atomic E-state index is 4.07. The predicted molar refractivity (Wildman–Crippen MR) is 62.1 cm³/mol. The molecular formula is C11H21N5. The molecule has 1 aromatic heterocycles. The minimum atomic E-state index is 0.515. The number of nitrogens with zero attached hydrogens (tertiary/aromatic N) is 4. The first-order valence-corrected chi connectivity index (χ1v) is 6.36. The Bertz CT molecular complexity index is 277. The highest BCUT2D eigenvalue weighted by molar-refractivity contribution is 4.93. The van der Waals surface area contributed by atoms with E-state index < -0.39 is 0 Å². The molecule has 0 radical (unpaired) electrons. The van der Waals surface area contributed by atoms with Gasteiger partial charge in [-0.05, 0) is 38.9 Å². The summed E-state index contributed by atoms with van der Waals surface area (Å²) in [6.07, 6.45) is 6.34. The maximum atomic E-state index is 4.07. The van der Waals surface area contributed by atoms with Gasteiger partial charge in [0.25, 0.3) is 0 Å². The van der Waals surface area contributed by atoms with Crippen LogP contribution in [0.2, 0.25) is 0 Å². The molecule has 0 amide bonds. The lowest BCUT2D eigenvalue weighted by atomic mass is 9.96. The molecule has 1 aliphatic heterocycles. The van der Waals surface area contributed by atoms with Crippen molar-refractivity contribution in [3.63, 3.8) is 0 Å². The number of H-pyrrole nitrogens is 1. The summed E-state index contributed by atoms with van der Waals surface area (Å²) in [5, 5.41) is 14.3. The minimum absolute atomic E-state index is 0.515. The van der Waals surface area contributed by atoms with Crippen LogP contribution in [0.5, 0.6) is 0 Å². The number of aromatic amines is 1. The van der Waals surface area contributed by atoms with Gasteiger partial charge >= 0.3 is 0 Å². The zero-order valence-corrected chi connectivity index (χ0v) is 10.0. The van der Waals surface area contributed by atoms with Crippen LogP contribution in [0.15, 0.2) is 0 Å². The Hall–Kier alpha value is -0.970. The molecule has 2 heterocycles. The van der Waals surface area contributed by atoms with Gasteiger partial charge in [-0.25, -0.2) is 0 Å². The topological polar surface area (TPSA) is 57.7 Å². The Balaban J connectivity index is 1.70. The van der Waals surface area contributed by atoms with Gasteiger partial charge < -0.3 is 4.90 Å². The Labute approximate surface area is 96.6 Å². The number of hydrogen-bond acceptors (Lipinski definition) is 4. The van der Waals surface area contributed by atoms with E-state index in [-0.39, 0.29) is 0 Å². The SMILES string of the molecule is CCCCCN1CCC(c2nn[nH]n2)CC1. The Morgan fingerprint density at radius 1 is 1.31 bits per heavy atom. The van der Waals surface area contributed by atoms with Crippen molar-refractivity contribution in [3.8, 4) is 0 Å². The molecule has 0 unspecified atom stereocenters. The number of likely N-dealkylation sites (tertiary alicyclic amines) is 1. The number of piperidine rings is 1. The standard InChI is InChI=1S/C11H21N5/c1-2-3-4-7-16-8-5-10(6-9-16)11-12-14-15-13-11/h10H,2-9H2,1H3,(H,12,13,14,15). The first kappa shape index (κ1) is 11.5. The monoisotopic (exact) mass is 223 g/mol. The predicted octanol–water partition coefficient (Wildman–Crippen LogP) is 1.57. The number of hydrogen-bond donors (Lipinski definition) is 1. The molecule has 1 aliphatic rings. The second kappa shape index (κ2) is 5.94. The van der Waals surface area contributed by atoms with Gasteiger partial charge in [-0.3, -0.25) is 0 Å². The summed E-state index contributed by atoms with van der Waals surface area (Å²) in [7, 11) is 0. The van der Waals surface area contributed by atoms with Crippen molar-refractivity contribution in [1.82, 2.24) is 25.5 Å². The average molecular weight is 223 g/mol. The molecule has 1 aromatic rings.